The predicted octanol–water partition coefficient (Wildman–Crippen LogP) is 5.86. The fourth-order valence-electron chi connectivity index (χ4n) is 2.16. The maximum Gasteiger partial charge on any atom is 0.417 e. The Hall–Kier alpha value is -1.72. The number of nitrogens with zero attached hydrogens (tertiary/aromatic N) is 1. The Balaban J connectivity index is 2.00. The standard InChI is InChI=1S/C15H8F6N2S3/c16-14(17,18)7-4-9(15(19,20)21)11-10(5-7)23-13(26-11)12(24)22-6-8-2-1-3-25-8/h1-5H,6H2,(H,22,24). The first kappa shape index (κ1) is 19.1. The molecule has 0 aliphatic carbocycles. The highest BCUT2D eigenvalue weighted by molar-refractivity contribution is 7.81. The molecule has 138 valence electrons. The summed E-state index contributed by atoms with van der Waals surface area (Å²) in [5.74, 6) is 0. The largest absolute Gasteiger partial charge is 0.417 e. The van der Waals surface area contributed by atoms with E-state index < -0.39 is 23.5 Å². The smallest absolute Gasteiger partial charge is 0.369 e. The molecule has 0 saturated heterocycles. The third-order valence-electron chi connectivity index (χ3n) is 3.32. The number of aromatic nitrogens is 1. The van der Waals surface area contributed by atoms with Crippen LogP contribution in [0.5, 0.6) is 0 Å². The van der Waals surface area contributed by atoms with Crippen LogP contribution in [-0.4, -0.2) is 9.97 Å². The van der Waals surface area contributed by atoms with Crippen molar-refractivity contribution in [3.8, 4) is 0 Å². The van der Waals surface area contributed by atoms with Crippen LogP contribution in [0.15, 0.2) is 29.6 Å². The van der Waals surface area contributed by atoms with Crippen LogP contribution >= 0.6 is 34.9 Å². The monoisotopic (exact) mass is 426 g/mol. The molecule has 0 atom stereocenters. The highest BCUT2D eigenvalue weighted by Crippen LogP contribution is 2.41. The van der Waals surface area contributed by atoms with Crippen LogP contribution in [0, 0.1) is 0 Å². The zero-order chi connectivity index (χ0) is 19.1. The number of hydrogen-bond donors (Lipinski definition) is 1. The van der Waals surface area contributed by atoms with Crippen LogP contribution in [0.3, 0.4) is 0 Å². The number of alkyl halides is 6. The molecule has 0 bridgehead atoms. The third kappa shape index (κ3) is 3.99. The molecular formula is C15H8F6N2S3. The van der Waals surface area contributed by atoms with Crippen molar-refractivity contribution in [3.05, 3.63) is 50.7 Å². The molecule has 2 aromatic heterocycles. The lowest BCUT2D eigenvalue weighted by Gasteiger charge is -2.11. The minimum Gasteiger partial charge on any atom is -0.369 e. The summed E-state index contributed by atoms with van der Waals surface area (Å²) in [4.78, 5) is 4.91. The Morgan fingerprint density at radius 2 is 1.85 bits per heavy atom. The van der Waals surface area contributed by atoms with Gasteiger partial charge >= 0.3 is 12.4 Å². The first-order valence-electron chi connectivity index (χ1n) is 6.95. The van der Waals surface area contributed by atoms with Crippen molar-refractivity contribution in [1.82, 2.24) is 10.3 Å². The molecule has 0 spiro atoms. The number of rotatable bonds is 3. The summed E-state index contributed by atoms with van der Waals surface area (Å²) in [6.07, 6.45) is -9.84. The third-order valence-corrected chi connectivity index (χ3v) is 5.79. The molecule has 0 radical (unpaired) electrons. The number of thiazole rings is 1. The van der Waals surface area contributed by atoms with Crippen molar-refractivity contribution in [2.45, 2.75) is 18.9 Å². The lowest BCUT2D eigenvalue weighted by atomic mass is 10.1. The van der Waals surface area contributed by atoms with E-state index in [2.05, 4.69) is 10.3 Å². The van der Waals surface area contributed by atoms with Crippen molar-refractivity contribution in [2.24, 2.45) is 0 Å². The van der Waals surface area contributed by atoms with Crippen molar-refractivity contribution >= 4 is 50.1 Å². The van der Waals surface area contributed by atoms with Gasteiger partial charge in [-0.3, -0.25) is 0 Å². The highest BCUT2D eigenvalue weighted by atomic mass is 32.1. The topological polar surface area (TPSA) is 24.9 Å². The number of thiocarbonyl (C=S) groups is 1. The highest BCUT2D eigenvalue weighted by Gasteiger charge is 2.39. The molecule has 0 amide bonds. The van der Waals surface area contributed by atoms with Gasteiger partial charge in [-0.25, -0.2) is 4.98 Å². The minimum absolute atomic E-state index is 0.0383. The summed E-state index contributed by atoms with van der Waals surface area (Å²) in [5.41, 5.74) is -3.15. The van der Waals surface area contributed by atoms with Gasteiger partial charge in [-0.15, -0.1) is 22.7 Å². The van der Waals surface area contributed by atoms with Crippen molar-refractivity contribution in [1.29, 1.82) is 0 Å². The molecule has 0 aliphatic heterocycles. The van der Waals surface area contributed by atoms with Gasteiger partial charge in [-0.05, 0) is 23.6 Å². The number of hydrogen-bond acceptors (Lipinski definition) is 4. The number of fused-ring (bicyclic) bond motifs is 1. The zero-order valence-corrected chi connectivity index (χ0v) is 15.0. The summed E-state index contributed by atoms with van der Waals surface area (Å²) in [7, 11) is 0. The van der Waals surface area contributed by atoms with E-state index >= 15 is 0 Å². The maximum atomic E-state index is 13.2. The SMILES string of the molecule is FC(F)(F)c1cc(C(F)(F)F)c2sc(C(=S)NCc3cccs3)nc2c1. The van der Waals surface area contributed by atoms with E-state index in [1.807, 2.05) is 17.5 Å². The summed E-state index contributed by atoms with van der Waals surface area (Å²) in [6, 6.07) is 4.38. The minimum atomic E-state index is -4.94. The second kappa shape index (κ2) is 6.78. The van der Waals surface area contributed by atoms with Gasteiger partial charge in [0.05, 0.1) is 27.9 Å². The molecule has 0 unspecified atom stereocenters. The van der Waals surface area contributed by atoms with Gasteiger partial charge in [0.25, 0.3) is 0 Å². The van der Waals surface area contributed by atoms with Gasteiger partial charge in [0.15, 0.2) is 5.01 Å². The van der Waals surface area contributed by atoms with E-state index in [-0.39, 0.29) is 26.3 Å². The fraction of sp³-hybridized carbons (Fsp3) is 0.200. The number of halogens is 6. The molecular weight excluding hydrogens is 418 g/mol. The number of nitrogens with one attached hydrogen (secondary N) is 1. The fourth-order valence-corrected chi connectivity index (χ4v) is 4.04. The molecule has 11 heteroatoms. The van der Waals surface area contributed by atoms with E-state index in [1.165, 1.54) is 11.3 Å². The van der Waals surface area contributed by atoms with Gasteiger partial charge in [0, 0.05) is 4.88 Å². The molecule has 1 aromatic carbocycles. The number of thiophene rings is 1. The van der Waals surface area contributed by atoms with Crippen molar-refractivity contribution in [2.75, 3.05) is 0 Å². The molecule has 3 rings (SSSR count). The van der Waals surface area contributed by atoms with Crippen molar-refractivity contribution < 1.29 is 26.3 Å². The predicted molar refractivity (Wildman–Crippen MR) is 92.5 cm³/mol. The van der Waals surface area contributed by atoms with Crippen LogP contribution in [-0.2, 0) is 18.9 Å². The second-order valence-corrected chi connectivity index (χ2v) is 7.59. The Morgan fingerprint density at radius 3 is 2.42 bits per heavy atom. The molecule has 0 saturated carbocycles. The van der Waals surface area contributed by atoms with Gasteiger partial charge in [-0.2, -0.15) is 26.3 Å². The normalized spacial score (nSPS) is 12.5. The average Bonchev–Trinajstić information content (AvgIpc) is 3.18. The lowest BCUT2D eigenvalue weighted by molar-refractivity contribution is -0.142. The molecule has 0 fully saturated rings. The van der Waals surface area contributed by atoms with Crippen LogP contribution < -0.4 is 5.32 Å². The summed E-state index contributed by atoms with van der Waals surface area (Å²) < 4.78 is 77.9. The van der Waals surface area contributed by atoms with Crippen LogP contribution in [0.4, 0.5) is 26.3 Å². The molecule has 2 heterocycles. The van der Waals surface area contributed by atoms with E-state index in [0.717, 1.165) is 4.88 Å². The second-order valence-electron chi connectivity index (χ2n) is 5.15. The van der Waals surface area contributed by atoms with Crippen molar-refractivity contribution in [3.63, 3.8) is 0 Å². The Morgan fingerprint density at radius 1 is 1.12 bits per heavy atom. The van der Waals surface area contributed by atoms with Gasteiger partial charge in [-0.1, -0.05) is 18.3 Å². The van der Waals surface area contributed by atoms with Crippen LogP contribution in [0.1, 0.15) is 21.0 Å². The Bertz CT molecular complexity index is 941. The first-order chi connectivity index (χ1) is 12.1. The molecule has 3 aromatic rings. The molecule has 26 heavy (non-hydrogen) atoms. The van der Waals surface area contributed by atoms with Gasteiger partial charge < -0.3 is 5.32 Å². The van der Waals surface area contributed by atoms with Gasteiger partial charge in [0.2, 0.25) is 0 Å². The van der Waals surface area contributed by atoms with E-state index in [0.29, 0.717) is 23.9 Å². The van der Waals surface area contributed by atoms with E-state index in [1.54, 1.807) is 0 Å². The first-order valence-corrected chi connectivity index (χ1v) is 9.05. The van der Waals surface area contributed by atoms with Crippen LogP contribution in [0.25, 0.3) is 10.2 Å². The average molecular weight is 426 g/mol. The van der Waals surface area contributed by atoms with Crippen LogP contribution in [0.2, 0.25) is 0 Å². The molecule has 1 N–H and O–H groups in total. The zero-order valence-electron chi connectivity index (χ0n) is 12.5. The summed E-state index contributed by atoms with van der Waals surface area (Å²) in [5, 5.41) is 4.74. The Labute approximate surface area is 156 Å². The lowest BCUT2D eigenvalue weighted by Crippen LogP contribution is -2.20. The van der Waals surface area contributed by atoms with E-state index in [9.17, 15) is 26.3 Å². The maximum absolute atomic E-state index is 13.2. The number of benzene rings is 1. The Kier molecular flexibility index (Phi) is 4.97. The van der Waals surface area contributed by atoms with Gasteiger partial charge in [0.1, 0.15) is 4.99 Å². The quantitative estimate of drug-likeness (QED) is 0.419. The van der Waals surface area contributed by atoms with E-state index in [4.69, 9.17) is 12.2 Å². The molecule has 2 nitrogen and oxygen atoms in total. The summed E-state index contributed by atoms with van der Waals surface area (Å²) >= 11 is 7.19. The summed E-state index contributed by atoms with van der Waals surface area (Å²) in [6.45, 7) is 0.354. The molecule has 0 aliphatic rings.